The molecule has 6 nitrogen and oxygen atoms in total. The average Bonchev–Trinajstić information content (AvgIpc) is 2.68. The molecule has 1 aliphatic rings. The Balaban J connectivity index is 1.66. The van der Waals surface area contributed by atoms with Crippen molar-refractivity contribution in [1.29, 1.82) is 0 Å². The van der Waals surface area contributed by atoms with Gasteiger partial charge in [-0.3, -0.25) is 4.79 Å². The van der Waals surface area contributed by atoms with E-state index in [1.807, 2.05) is 12.1 Å². The van der Waals surface area contributed by atoms with Crippen LogP contribution in [-0.2, 0) is 16.4 Å². The molecule has 2 N–H and O–H groups in total. The van der Waals surface area contributed by atoms with Gasteiger partial charge in [-0.15, -0.1) is 0 Å². The SMILES string of the molecule is CCCc1ccc(S(=O)(=O)N2CCN(C(=O)c3cccc(N)c3)CC2)cc1. The maximum absolute atomic E-state index is 12.9. The van der Waals surface area contributed by atoms with Crippen LogP contribution in [0.3, 0.4) is 0 Å². The van der Waals surface area contributed by atoms with Gasteiger partial charge in [-0.05, 0) is 42.3 Å². The lowest BCUT2D eigenvalue weighted by molar-refractivity contribution is 0.0698. The van der Waals surface area contributed by atoms with Crippen molar-refractivity contribution in [2.24, 2.45) is 0 Å². The third-order valence-electron chi connectivity index (χ3n) is 4.76. The zero-order chi connectivity index (χ0) is 19.4. The average molecular weight is 388 g/mol. The Morgan fingerprint density at radius 1 is 1.04 bits per heavy atom. The summed E-state index contributed by atoms with van der Waals surface area (Å²) in [7, 11) is -3.54. The van der Waals surface area contributed by atoms with Crippen molar-refractivity contribution in [3.63, 3.8) is 0 Å². The van der Waals surface area contributed by atoms with Crippen LogP contribution in [-0.4, -0.2) is 49.7 Å². The monoisotopic (exact) mass is 387 g/mol. The summed E-state index contributed by atoms with van der Waals surface area (Å²) >= 11 is 0. The normalized spacial score (nSPS) is 15.7. The van der Waals surface area contributed by atoms with Crippen molar-refractivity contribution in [2.45, 2.75) is 24.7 Å². The first-order valence-corrected chi connectivity index (χ1v) is 10.6. The largest absolute Gasteiger partial charge is 0.399 e. The van der Waals surface area contributed by atoms with Crippen LogP contribution in [0.15, 0.2) is 53.4 Å². The van der Waals surface area contributed by atoms with E-state index in [1.54, 1.807) is 41.3 Å². The van der Waals surface area contributed by atoms with E-state index < -0.39 is 10.0 Å². The first kappa shape index (κ1) is 19.4. The Morgan fingerprint density at radius 3 is 2.30 bits per heavy atom. The highest BCUT2D eigenvalue weighted by molar-refractivity contribution is 7.89. The number of benzene rings is 2. The van der Waals surface area contributed by atoms with Gasteiger partial charge < -0.3 is 10.6 Å². The van der Waals surface area contributed by atoms with Gasteiger partial charge in [0.1, 0.15) is 0 Å². The van der Waals surface area contributed by atoms with Gasteiger partial charge >= 0.3 is 0 Å². The molecule has 144 valence electrons. The van der Waals surface area contributed by atoms with Gasteiger partial charge in [-0.2, -0.15) is 4.31 Å². The highest BCUT2D eigenvalue weighted by Gasteiger charge is 2.30. The summed E-state index contributed by atoms with van der Waals surface area (Å²) in [5, 5.41) is 0. The van der Waals surface area contributed by atoms with Crippen LogP contribution >= 0.6 is 0 Å². The quantitative estimate of drug-likeness (QED) is 0.799. The number of rotatable bonds is 5. The summed E-state index contributed by atoms with van der Waals surface area (Å²) < 4.78 is 27.2. The Bertz CT molecular complexity index is 902. The van der Waals surface area contributed by atoms with Gasteiger partial charge in [0.2, 0.25) is 10.0 Å². The molecule has 3 rings (SSSR count). The Hall–Kier alpha value is -2.38. The number of hydrogen-bond acceptors (Lipinski definition) is 4. The number of carbonyl (C=O) groups is 1. The summed E-state index contributed by atoms with van der Waals surface area (Å²) in [6, 6.07) is 13.9. The molecule has 0 radical (unpaired) electrons. The minimum Gasteiger partial charge on any atom is -0.399 e. The highest BCUT2D eigenvalue weighted by Crippen LogP contribution is 2.20. The smallest absolute Gasteiger partial charge is 0.254 e. The molecule has 0 spiro atoms. The van der Waals surface area contributed by atoms with Crippen molar-refractivity contribution in [3.8, 4) is 0 Å². The van der Waals surface area contributed by atoms with Crippen LogP contribution in [0.1, 0.15) is 29.3 Å². The summed E-state index contributed by atoms with van der Waals surface area (Å²) in [5.74, 6) is -0.122. The molecule has 7 heteroatoms. The highest BCUT2D eigenvalue weighted by atomic mass is 32.2. The summed E-state index contributed by atoms with van der Waals surface area (Å²) in [6.45, 7) is 3.39. The molecule has 2 aromatic rings. The molecule has 1 saturated heterocycles. The molecule has 0 aliphatic carbocycles. The number of nitrogens with zero attached hydrogens (tertiary/aromatic N) is 2. The van der Waals surface area contributed by atoms with E-state index in [-0.39, 0.29) is 19.0 Å². The molecule has 0 aromatic heterocycles. The minimum atomic E-state index is -3.54. The Kier molecular flexibility index (Phi) is 5.82. The predicted octanol–water partition coefficient (Wildman–Crippen LogP) is 2.37. The molecule has 1 heterocycles. The van der Waals surface area contributed by atoms with Gasteiger partial charge in [0, 0.05) is 37.4 Å². The molecule has 2 aromatic carbocycles. The summed E-state index contributed by atoms with van der Waals surface area (Å²) in [5.41, 5.74) is 7.94. The number of carbonyl (C=O) groups excluding carboxylic acids is 1. The van der Waals surface area contributed by atoms with Crippen LogP contribution in [0.2, 0.25) is 0 Å². The Morgan fingerprint density at radius 2 is 1.70 bits per heavy atom. The second-order valence-corrected chi connectivity index (χ2v) is 8.65. The topological polar surface area (TPSA) is 83.7 Å². The summed E-state index contributed by atoms with van der Waals surface area (Å²) in [6.07, 6.45) is 1.96. The van der Waals surface area contributed by atoms with Crippen molar-refractivity contribution >= 4 is 21.6 Å². The molecule has 1 amide bonds. The number of anilines is 1. The number of amides is 1. The van der Waals surface area contributed by atoms with Crippen molar-refractivity contribution in [3.05, 3.63) is 59.7 Å². The predicted molar refractivity (Wildman–Crippen MR) is 106 cm³/mol. The van der Waals surface area contributed by atoms with Crippen LogP contribution in [0.4, 0.5) is 5.69 Å². The maximum Gasteiger partial charge on any atom is 0.254 e. The molecule has 1 fully saturated rings. The molecule has 27 heavy (non-hydrogen) atoms. The van der Waals surface area contributed by atoms with Gasteiger partial charge in [-0.1, -0.05) is 31.5 Å². The third-order valence-corrected chi connectivity index (χ3v) is 6.67. The maximum atomic E-state index is 12.9. The van der Waals surface area contributed by atoms with E-state index in [2.05, 4.69) is 6.92 Å². The fraction of sp³-hybridized carbons (Fsp3) is 0.350. The van der Waals surface area contributed by atoms with Crippen LogP contribution in [0.25, 0.3) is 0 Å². The molecular weight excluding hydrogens is 362 g/mol. The molecule has 0 unspecified atom stereocenters. The number of nitrogens with two attached hydrogens (primary N) is 1. The van der Waals surface area contributed by atoms with E-state index >= 15 is 0 Å². The van der Waals surface area contributed by atoms with Gasteiger partial charge in [0.05, 0.1) is 4.90 Å². The van der Waals surface area contributed by atoms with Gasteiger partial charge in [0.15, 0.2) is 0 Å². The van der Waals surface area contributed by atoms with Crippen molar-refractivity contribution in [1.82, 2.24) is 9.21 Å². The second-order valence-electron chi connectivity index (χ2n) is 6.72. The van der Waals surface area contributed by atoms with E-state index in [1.165, 1.54) is 4.31 Å². The fourth-order valence-electron chi connectivity index (χ4n) is 3.25. The second kappa shape index (κ2) is 8.10. The van der Waals surface area contributed by atoms with E-state index in [9.17, 15) is 13.2 Å². The van der Waals surface area contributed by atoms with E-state index in [0.717, 1.165) is 18.4 Å². The van der Waals surface area contributed by atoms with Crippen molar-refractivity contribution < 1.29 is 13.2 Å². The lowest BCUT2D eigenvalue weighted by atomic mass is 10.1. The summed E-state index contributed by atoms with van der Waals surface area (Å²) in [4.78, 5) is 14.6. The fourth-order valence-corrected chi connectivity index (χ4v) is 4.67. The molecule has 1 aliphatic heterocycles. The molecular formula is C20H25N3O3S. The van der Waals surface area contributed by atoms with E-state index in [0.29, 0.717) is 29.2 Å². The lowest BCUT2D eigenvalue weighted by Gasteiger charge is -2.34. The Labute approximate surface area is 160 Å². The number of piperazine rings is 1. The van der Waals surface area contributed by atoms with Crippen LogP contribution < -0.4 is 5.73 Å². The first-order valence-electron chi connectivity index (χ1n) is 9.15. The van der Waals surface area contributed by atoms with Crippen molar-refractivity contribution in [2.75, 3.05) is 31.9 Å². The van der Waals surface area contributed by atoms with Crippen LogP contribution in [0, 0.1) is 0 Å². The molecule has 0 bridgehead atoms. The zero-order valence-electron chi connectivity index (χ0n) is 15.5. The molecule has 0 saturated carbocycles. The van der Waals surface area contributed by atoms with Gasteiger partial charge in [0.25, 0.3) is 5.91 Å². The minimum absolute atomic E-state index is 0.122. The number of nitrogen functional groups attached to an aromatic ring is 1. The first-order chi connectivity index (χ1) is 12.9. The standard InChI is InChI=1S/C20H25N3O3S/c1-2-4-16-7-9-19(10-8-16)27(25,26)23-13-11-22(12-14-23)20(24)17-5-3-6-18(21)15-17/h3,5-10,15H,2,4,11-14,21H2,1H3. The lowest BCUT2D eigenvalue weighted by Crippen LogP contribution is -2.50. The zero-order valence-corrected chi connectivity index (χ0v) is 16.3. The van der Waals surface area contributed by atoms with Crippen LogP contribution in [0.5, 0.6) is 0 Å². The van der Waals surface area contributed by atoms with Gasteiger partial charge in [-0.25, -0.2) is 8.42 Å². The number of aryl methyl sites for hydroxylation is 1. The van der Waals surface area contributed by atoms with E-state index in [4.69, 9.17) is 5.73 Å². The molecule has 0 atom stereocenters. The number of hydrogen-bond donors (Lipinski definition) is 1. The number of sulfonamides is 1. The third kappa shape index (κ3) is 4.31.